The number of nitrogens with one attached hydrogen (secondary N) is 1. The second-order valence-electron chi connectivity index (χ2n) is 6.57. The summed E-state index contributed by atoms with van der Waals surface area (Å²) in [7, 11) is 0. The van der Waals surface area contributed by atoms with E-state index in [1.807, 2.05) is 50.2 Å². The van der Waals surface area contributed by atoms with E-state index in [0.717, 1.165) is 36.6 Å². The lowest BCUT2D eigenvalue weighted by molar-refractivity contribution is -0.122. The van der Waals surface area contributed by atoms with Gasteiger partial charge in [-0.1, -0.05) is 37.3 Å². The van der Waals surface area contributed by atoms with Crippen molar-refractivity contribution in [2.45, 2.75) is 45.6 Å². The summed E-state index contributed by atoms with van der Waals surface area (Å²) < 4.78 is 0. The summed E-state index contributed by atoms with van der Waals surface area (Å²) in [5, 5.41) is 3.01. The number of anilines is 1. The number of amides is 1. The van der Waals surface area contributed by atoms with Gasteiger partial charge in [0.05, 0.1) is 12.5 Å². The van der Waals surface area contributed by atoms with Gasteiger partial charge >= 0.3 is 0 Å². The van der Waals surface area contributed by atoms with Gasteiger partial charge in [-0.05, 0) is 31.7 Å². The monoisotopic (exact) mass is 338 g/mol. The molecule has 132 valence electrons. The Morgan fingerprint density at radius 3 is 2.60 bits per heavy atom. The second kappa shape index (κ2) is 8.10. The maximum Gasteiger partial charge on any atom is 0.227 e. The van der Waals surface area contributed by atoms with Gasteiger partial charge in [-0.15, -0.1) is 0 Å². The van der Waals surface area contributed by atoms with E-state index in [9.17, 15) is 4.79 Å². The zero-order chi connectivity index (χ0) is 17.6. The van der Waals surface area contributed by atoms with Crippen LogP contribution in [0.25, 0.3) is 0 Å². The van der Waals surface area contributed by atoms with Gasteiger partial charge in [-0.2, -0.15) is 0 Å². The van der Waals surface area contributed by atoms with E-state index >= 15 is 0 Å². The van der Waals surface area contributed by atoms with Crippen LogP contribution in [0.3, 0.4) is 0 Å². The Balaban J connectivity index is 1.67. The van der Waals surface area contributed by atoms with Crippen molar-refractivity contribution in [2.24, 2.45) is 0 Å². The molecule has 0 radical (unpaired) electrons. The van der Waals surface area contributed by atoms with Crippen LogP contribution in [0.1, 0.15) is 49.2 Å². The quantitative estimate of drug-likeness (QED) is 0.879. The van der Waals surface area contributed by atoms with E-state index < -0.39 is 0 Å². The van der Waals surface area contributed by atoms with Crippen LogP contribution in [-0.2, 0) is 11.3 Å². The molecular formula is C20H26N4O. The molecule has 1 aliphatic rings. The predicted octanol–water partition coefficient (Wildman–Crippen LogP) is 3.20. The summed E-state index contributed by atoms with van der Waals surface area (Å²) in [5.41, 5.74) is 1.99. The van der Waals surface area contributed by atoms with E-state index in [2.05, 4.69) is 20.2 Å². The highest BCUT2D eigenvalue weighted by Gasteiger charge is 2.19. The van der Waals surface area contributed by atoms with Gasteiger partial charge in [0.1, 0.15) is 11.6 Å². The average molecular weight is 338 g/mol. The van der Waals surface area contributed by atoms with E-state index in [1.54, 1.807) is 0 Å². The highest BCUT2D eigenvalue weighted by atomic mass is 16.1. The SMILES string of the molecule is CCC(C(=O)NCc1nc(C)cc(N2CCCC2)n1)c1ccccc1. The Morgan fingerprint density at radius 1 is 1.20 bits per heavy atom. The summed E-state index contributed by atoms with van der Waals surface area (Å²) in [5.74, 6) is 1.55. The molecule has 1 aromatic carbocycles. The maximum absolute atomic E-state index is 12.6. The minimum absolute atomic E-state index is 0.0292. The molecule has 2 heterocycles. The molecule has 1 fully saturated rings. The zero-order valence-corrected chi connectivity index (χ0v) is 15.0. The molecule has 0 spiro atoms. The Kier molecular flexibility index (Phi) is 5.64. The molecule has 1 aliphatic heterocycles. The number of hydrogen-bond donors (Lipinski definition) is 1. The maximum atomic E-state index is 12.6. The van der Waals surface area contributed by atoms with E-state index in [0.29, 0.717) is 12.4 Å². The van der Waals surface area contributed by atoms with Crippen molar-refractivity contribution in [3.8, 4) is 0 Å². The van der Waals surface area contributed by atoms with E-state index in [-0.39, 0.29) is 11.8 Å². The van der Waals surface area contributed by atoms with Crippen LogP contribution in [0, 0.1) is 6.92 Å². The number of aromatic nitrogens is 2. The molecule has 3 rings (SSSR count). The van der Waals surface area contributed by atoms with Crippen LogP contribution in [-0.4, -0.2) is 29.0 Å². The van der Waals surface area contributed by atoms with Crippen molar-refractivity contribution in [2.75, 3.05) is 18.0 Å². The van der Waals surface area contributed by atoms with Gasteiger partial charge in [0.25, 0.3) is 0 Å². The number of benzene rings is 1. The first-order chi connectivity index (χ1) is 12.2. The van der Waals surface area contributed by atoms with E-state index in [1.165, 1.54) is 12.8 Å². The first-order valence-corrected chi connectivity index (χ1v) is 9.09. The molecule has 0 saturated carbocycles. The number of hydrogen-bond acceptors (Lipinski definition) is 4. The number of carbonyl (C=O) groups is 1. The van der Waals surface area contributed by atoms with Gasteiger partial charge in [0.2, 0.25) is 5.91 Å². The molecule has 2 aromatic rings. The summed E-state index contributed by atoms with van der Waals surface area (Å²) in [6, 6.07) is 11.9. The summed E-state index contributed by atoms with van der Waals surface area (Å²) in [6.07, 6.45) is 3.19. The predicted molar refractivity (Wildman–Crippen MR) is 99.5 cm³/mol. The lowest BCUT2D eigenvalue weighted by atomic mass is 9.96. The molecule has 0 bridgehead atoms. The van der Waals surface area contributed by atoms with Crippen molar-refractivity contribution in [3.63, 3.8) is 0 Å². The van der Waals surface area contributed by atoms with Crippen LogP contribution in [0.15, 0.2) is 36.4 Å². The third kappa shape index (κ3) is 4.35. The van der Waals surface area contributed by atoms with Gasteiger partial charge in [0, 0.05) is 24.8 Å². The number of aryl methyl sites for hydroxylation is 1. The van der Waals surface area contributed by atoms with Crippen molar-refractivity contribution in [3.05, 3.63) is 53.5 Å². The first kappa shape index (κ1) is 17.4. The molecule has 1 aromatic heterocycles. The minimum atomic E-state index is -0.135. The highest BCUT2D eigenvalue weighted by Crippen LogP contribution is 2.20. The smallest absolute Gasteiger partial charge is 0.227 e. The fourth-order valence-electron chi connectivity index (χ4n) is 3.35. The Hall–Kier alpha value is -2.43. The highest BCUT2D eigenvalue weighted by molar-refractivity contribution is 5.83. The fraction of sp³-hybridized carbons (Fsp3) is 0.450. The summed E-state index contributed by atoms with van der Waals surface area (Å²) in [6.45, 7) is 6.48. The van der Waals surface area contributed by atoms with Crippen molar-refractivity contribution in [1.29, 1.82) is 0 Å². The Morgan fingerprint density at radius 2 is 1.92 bits per heavy atom. The molecule has 0 aliphatic carbocycles. The molecule has 1 unspecified atom stereocenters. The average Bonchev–Trinajstić information content (AvgIpc) is 3.16. The van der Waals surface area contributed by atoms with Crippen LogP contribution in [0.2, 0.25) is 0 Å². The zero-order valence-electron chi connectivity index (χ0n) is 15.0. The van der Waals surface area contributed by atoms with Crippen LogP contribution in [0.4, 0.5) is 5.82 Å². The molecule has 1 atom stereocenters. The molecule has 1 amide bonds. The number of carbonyl (C=O) groups excluding carboxylic acids is 1. The van der Waals surface area contributed by atoms with Gasteiger partial charge < -0.3 is 10.2 Å². The standard InChI is InChI=1S/C20H26N4O/c1-3-17(16-9-5-4-6-10-16)20(25)21-14-18-22-15(2)13-19(23-18)24-11-7-8-12-24/h4-6,9-10,13,17H,3,7-8,11-12,14H2,1-2H3,(H,21,25). The lowest BCUT2D eigenvalue weighted by Crippen LogP contribution is -2.30. The first-order valence-electron chi connectivity index (χ1n) is 9.09. The largest absolute Gasteiger partial charge is 0.357 e. The van der Waals surface area contributed by atoms with Crippen molar-refractivity contribution >= 4 is 11.7 Å². The van der Waals surface area contributed by atoms with Crippen LogP contribution >= 0.6 is 0 Å². The number of rotatable bonds is 6. The summed E-state index contributed by atoms with van der Waals surface area (Å²) in [4.78, 5) is 24.0. The van der Waals surface area contributed by atoms with Gasteiger partial charge in [-0.3, -0.25) is 4.79 Å². The minimum Gasteiger partial charge on any atom is -0.357 e. The molecule has 25 heavy (non-hydrogen) atoms. The second-order valence-corrected chi connectivity index (χ2v) is 6.57. The molecule has 1 N–H and O–H groups in total. The topological polar surface area (TPSA) is 58.1 Å². The Labute approximate surface area is 149 Å². The number of nitrogens with zero attached hydrogens (tertiary/aromatic N) is 3. The van der Waals surface area contributed by atoms with Crippen LogP contribution < -0.4 is 10.2 Å². The molecule has 5 nitrogen and oxygen atoms in total. The fourth-order valence-corrected chi connectivity index (χ4v) is 3.35. The van der Waals surface area contributed by atoms with E-state index in [4.69, 9.17) is 0 Å². The van der Waals surface area contributed by atoms with Crippen molar-refractivity contribution in [1.82, 2.24) is 15.3 Å². The normalized spacial score (nSPS) is 15.2. The molecule has 5 heteroatoms. The molecule has 1 saturated heterocycles. The Bertz CT molecular complexity index is 711. The third-order valence-corrected chi connectivity index (χ3v) is 4.66. The van der Waals surface area contributed by atoms with Gasteiger partial charge in [0.15, 0.2) is 0 Å². The van der Waals surface area contributed by atoms with Crippen LogP contribution in [0.5, 0.6) is 0 Å². The third-order valence-electron chi connectivity index (χ3n) is 4.66. The lowest BCUT2D eigenvalue weighted by Gasteiger charge is -2.18. The summed E-state index contributed by atoms with van der Waals surface area (Å²) >= 11 is 0. The van der Waals surface area contributed by atoms with Gasteiger partial charge in [-0.25, -0.2) is 9.97 Å². The molecular weight excluding hydrogens is 312 g/mol. The van der Waals surface area contributed by atoms with Crippen molar-refractivity contribution < 1.29 is 4.79 Å².